The van der Waals surface area contributed by atoms with E-state index in [1.807, 2.05) is 0 Å². The van der Waals surface area contributed by atoms with E-state index in [9.17, 15) is 22.8 Å². The third-order valence-corrected chi connectivity index (χ3v) is 3.72. The van der Waals surface area contributed by atoms with Crippen molar-refractivity contribution >= 4 is 33.8 Å². The Hall–Kier alpha value is -2.35. The summed E-state index contributed by atoms with van der Waals surface area (Å²) in [4.78, 5) is 23.2. The van der Waals surface area contributed by atoms with Crippen molar-refractivity contribution in [1.82, 2.24) is 0 Å². The molecule has 4 nitrogen and oxygen atoms in total. The maximum Gasteiger partial charge on any atom is 0.416 e. The molecule has 1 atom stereocenters. The third kappa shape index (κ3) is 5.06. The van der Waals surface area contributed by atoms with Crippen molar-refractivity contribution in [1.29, 1.82) is 0 Å². The van der Waals surface area contributed by atoms with Crippen molar-refractivity contribution in [2.75, 3.05) is 5.32 Å². The lowest BCUT2D eigenvalue weighted by molar-refractivity contribution is -0.137. The molecule has 8 heteroatoms. The first-order valence-electron chi connectivity index (χ1n) is 7.10. The van der Waals surface area contributed by atoms with E-state index in [1.165, 1.54) is 31.2 Å². The number of anilines is 1. The summed E-state index contributed by atoms with van der Waals surface area (Å²) in [5.41, 5.74) is -0.621. The molecule has 0 aliphatic heterocycles. The zero-order valence-corrected chi connectivity index (χ0v) is 14.5. The van der Waals surface area contributed by atoms with E-state index in [4.69, 9.17) is 4.74 Å². The van der Waals surface area contributed by atoms with Crippen LogP contribution in [0.4, 0.5) is 18.9 Å². The first kappa shape index (κ1) is 19.0. The predicted octanol–water partition coefficient (Wildman–Crippen LogP) is 4.69. The SMILES string of the molecule is C[C@@H](Oc1ccc(Br)cc1C=O)C(=O)Nc1cccc(C(F)(F)F)c1. The van der Waals surface area contributed by atoms with Crippen LogP contribution in [0.15, 0.2) is 46.9 Å². The molecule has 132 valence electrons. The molecule has 0 fully saturated rings. The number of halogens is 4. The number of carbonyl (C=O) groups is 2. The second-order valence-electron chi connectivity index (χ2n) is 5.13. The number of hydrogen-bond donors (Lipinski definition) is 1. The van der Waals surface area contributed by atoms with E-state index < -0.39 is 23.8 Å². The highest BCUT2D eigenvalue weighted by atomic mass is 79.9. The highest BCUT2D eigenvalue weighted by molar-refractivity contribution is 9.10. The molecule has 0 aliphatic rings. The third-order valence-electron chi connectivity index (χ3n) is 3.23. The molecule has 2 rings (SSSR count). The van der Waals surface area contributed by atoms with E-state index in [-0.39, 0.29) is 17.0 Å². The van der Waals surface area contributed by atoms with Gasteiger partial charge in [0.2, 0.25) is 0 Å². The van der Waals surface area contributed by atoms with Crippen molar-refractivity contribution < 1.29 is 27.5 Å². The summed E-state index contributed by atoms with van der Waals surface area (Å²) in [7, 11) is 0. The van der Waals surface area contributed by atoms with E-state index in [0.29, 0.717) is 10.8 Å². The van der Waals surface area contributed by atoms with Crippen LogP contribution in [0, 0.1) is 0 Å². The van der Waals surface area contributed by atoms with Gasteiger partial charge in [-0.25, -0.2) is 0 Å². The summed E-state index contributed by atoms with van der Waals surface area (Å²) >= 11 is 3.21. The lowest BCUT2D eigenvalue weighted by Gasteiger charge is -2.16. The van der Waals surface area contributed by atoms with Gasteiger partial charge in [0.05, 0.1) is 11.1 Å². The average molecular weight is 416 g/mol. The molecule has 0 heterocycles. The number of alkyl halides is 3. The maximum absolute atomic E-state index is 12.7. The topological polar surface area (TPSA) is 55.4 Å². The van der Waals surface area contributed by atoms with Crippen LogP contribution in [0.3, 0.4) is 0 Å². The van der Waals surface area contributed by atoms with Gasteiger partial charge in [-0.2, -0.15) is 13.2 Å². The molecule has 2 aromatic rings. The Balaban J connectivity index is 2.10. The number of hydrogen-bond acceptors (Lipinski definition) is 3. The smallest absolute Gasteiger partial charge is 0.416 e. The zero-order chi connectivity index (χ0) is 18.6. The highest BCUT2D eigenvalue weighted by Crippen LogP contribution is 2.30. The van der Waals surface area contributed by atoms with Gasteiger partial charge in [-0.3, -0.25) is 9.59 Å². The molecular formula is C17H13BrF3NO3. The second-order valence-corrected chi connectivity index (χ2v) is 6.04. The Kier molecular flexibility index (Phi) is 5.84. The highest BCUT2D eigenvalue weighted by Gasteiger charge is 2.30. The predicted molar refractivity (Wildman–Crippen MR) is 89.7 cm³/mol. The molecule has 0 spiro atoms. The van der Waals surface area contributed by atoms with Crippen molar-refractivity contribution in [3.8, 4) is 5.75 Å². The Labute approximate surface area is 150 Å². The van der Waals surface area contributed by atoms with E-state index in [2.05, 4.69) is 21.2 Å². The summed E-state index contributed by atoms with van der Waals surface area (Å²) < 4.78 is 44.2. The average Bonchev–Trinajstić information content (AvgIpc) is 2.55. The summed E-state index contributed by atoms with van der Waals surface area (Å²) in [6.45, 7) is 1.43. The van der Waals surface area contributed by atoms with Gasteiger partial charge in [0.15, 0.2) is 12.4 Å². The van der Waals surface area contributed by atoms with Crippen LogP contribution in [0.1, 0.15) is 22.8 Å². The van der Waals surface area contributed by atoms with Gasteiger partial charge in [-0.05, 0) is 43.3 Å². The molecule has 0 saturated carbocycles. The van der Waals surface area contributed by atoms with E-state index >= 15 is 0 Å². The molecule has 0 saturated heterocycles. The molecule has 0 radical (unpaired) electrons. The minimum Gasteiger partial charge on any atom is -0.480 e. The normalized spacial score (nSPS) is 12.4. The lowest BCUT2D eigenvalue weighted by atomic mass is 10.2. The van der Waals surface area contributed by atoms with Crippen molar-refractivity contribution in [2.45, 2.75) is 19.2 Å². The lowest BCUT2D eigenvalue weighted by Crippen LogP contribution is -2.30. The summed E-state index contributed by atoms with van der Waals surface area (Å²) in [6.07, 6.45) is -4.94. The Morgan fingerprint density at radius 2 is 1.96 bits per heavy atom. The first-order valence-corrected chi connectivity index (χ1v) is 7.89. The molecule has 1 N–H and O–H groups in total. The molecule has 0 unspecified atom stereocenters. The van der Waals surface area contributed by atoms with Gasteiger partial charge in [0.1, 0.15) is 5.75 Å². The molecule has 0 bridgehead atoms. The van der Waals surface area contributed by atoms with Gasteiger partial charge in [0.25, 0.3) is 5.91 Å². The van der Waals surface area contributed by atoms with E-state index in [0.717, 1.165) is 12.1 Å². The van der Waals surface area contributed by atoms with Gasteiger partial charge in [-0.15, -0.1) is 0 Å². The van der Waals surface area contributed by atoms with Crippen molar-refractivity contribution in [2.24, 2.45) is 0 Å². The zero-order valence-electron chi connectivity index (χ0n) is 12.9. The Bertz CT molecular complexity index is 793. The standard InChI is InChI=1S/C17H13BrF3NO3/c1-10(25-15-6-5-13(18)7-11(15)9-23)16(24)22-14-4-2-3-12(8-14)17(19,20)21/h2-10H,1H3,(H,22,24)/t10-/m1/s1. The summed E-state index contributed by atoms with van der Waals surface area (Å²) in [5.74, 6) is -0.441. The van der Waals surface area contributed by atoms with Gasteiger partial charge >= 0.3 is 6.18 Å². The molecule has 1 amide bonds. The molecular weight excluding hydrogens is 403 g/mol. The van der Waals surface area contributed by atoms with Crippen LogP contribution in [0.25, 0.3) is 0 Å². The summed E-state index contributed by atoms with van der Waals surface area (Å²) in [6, 6.07) is 8.97. The number of amides is 1. The molecule has 0 aliphatic carbocycles. The van der Waals surface area contributed by atoms with Crippen LogP contribution in [0.2, 0.25) is 0 Å². The monoisotopic (exact) mass is 415 g/mol. The second kappa shape index (κ2) is 7.69. The largest absolute Gasteiger partial charge is 0.480 e. The van der Waals surface area contributed by atoms with Gasteiger partial charge < -0.3 is 10.1 Å². The summed E-state index contributed by atoms with van der Waals surface area (Å²) in [5, 5.41) is 2.36. The fraction of sp³-hybridized carbons (Fsp3) is 0.176. The van der Waals surface area contributed by atoms with Crippen LogP contribution in [-0.4, -0.2) is 18.3 Å². The van der Waals surface area contributed by atoms with Crippen LogP contribution in [-0.2, 0) is 11.0 Å². The maximum atomic E-state index is 12.7. The number of nitrogens with one attached hydrogen (secondary N) is 1. The van der Waals surface area contributed by atoms with Crippen LogP contribution in [0.5, 0.6) is 5.75 Å². The first-order chi connectivity index (χ1) is 11.7. The van der Waals surface area contributed by atoms with Crippen molar-refractivity contribution in [3.05, 3.63) is 58.1 Å². The van der Waals surface area contributed by atoms with Gasteiger partial charge in [0, 0.05) is 10.2 Å². The Morgan fingerprint density at radius 3 is 2.60 bits per heavy atom. The number of ether oxygens (including phenoxy) is 1. The number of aldehydes is 1. The minimum atomic E-state index is -4.50. The van der Waals surface area contributed by atoms with Gasteiger partial charge in [-0.1, -0.05) is 22.0 Å². The fourth-order valence-electron chi connectivity index (χ4n) is 1.98. The van der Waals surface area contributed by atoms with E-state index in [1.54, 1.807) is 6.07 Å². The Morgan fingerprint density at radius 1 is 1.24 bits per heavy atom. The number of rotatable bonds is 5. The quantitative estimate of drug-likeness (QED) is 0.720. The minimum absolute atomic E-state index is 0.00157. The van der Waals surface area contributed by atoms with Crippen LogP contribution >= 0.6 is 15.9 Å². The molecule has 0 aromatic heterocycles. The number of benzene rings is 2. The molecule has 25 heavy (non-hydrogen) atoms. The molecule has 2 aromatic carbocycles. The van der Waals surface area contributed by atoms with Crippen LogP contribution < -0.4 is 10.1 Å². The van der Waals surface area contributed by atoms with Crippen molar-refractivity contribution in [3.63, 3.8) is 0 Å². The fourth-order valence-corrected chi connectivity index (χ4v) is 2.36. The number of carbonyl (C=O) groups excluding carboxylic acids is 2.